The number of rotatable bonds is 1. The second kappa shape index (κ2) is 2.87. The van der Waals surface area contributed by atoms with E-state index >= 15 is 0 Å². The molecule has 0 aromatic carbocycles. The Morgan fingerprint density at radius 2 is 1.50 bits per heavy atom. The summed E-state index contributed by atoms with van der Waals surface area (Å²) in [6, 6.07) is -0.755. The van der Waals surface area contributed by atoms with Crippen molar-refractivity contribution in [2.24, 2.45) is 22.5 Å². The maximum absolute atomic E-state index is 11.6. The largest absolute Gasteiger partial charge is 0.350 e. The van der Waals surface area contributed by atoms with Crippen LogP contribution in [0.1, 0.15) is 27.7 Å². The van der Waals surface area contributed by atoms with E-state index in [0.29, 0.717) is 0 Å². The molecule has 5 heteroatoms. The number of primary amides is 1. The van der Waals surface area contributed by atoms with E-state index in [1.807, 2.05) is 27.7 Å². The Bertz CT molecular complexity index is 270. The lowest BCUT2D eigenvalue weighted by atomic mass is 10.0. The third kappa shape index (κ3) is 1.42. The van der Waals surface area contributed by atoms with Crippen molar-refractivity contribution >= 4 is 11.9 Å². The number of amides is 3. The second-order valence-electron chi connectivity index (χ2n) is 4.85. The molecule has 1 aliphatic rings. The molecule has 4 N–H and O–H groups in total. The van der Waals surface area contributed by atoms with Crippen molar-refractivity contribution in [1.82, 2.24) is 10.9 Å². The minimum Gasteiger partial charge on any atom is -0.350 e. The summed E-state index contributed by atoms with van der Waals surface area (Å²) in [5.74, 6) is -0.263. The number of hydrazine groups is 1. The lowest BCUT2D eigenvalue weighted by molar-refractivity contribution is -0.124. The van der Waals surface area contributed by atoms with Gasteiger partial charge in [0.15, 0.2) is 0 Å². The maximum Gasteiger partial charge on any atom is 0.330 e. The van der Waals surface area contributed by atoms with Gasteiger partial charge in [0, 0.05) is 0 Å². The summed E-state index contributed by atoms with van der Waals surface area (Å²) in [6.45, 7) is 8.12. The summed E-state index contributed by atoms with van der Waals surface area (Å²) in [4.78, 5) is 21.9. The molecule has 1 fully saturated rings. The first-order chi connectivity index (χ1) is 6.21. The average Bonchev–Trinajstić information content (AvgIpc) is 2.39. The molecule has 0 bridgehead atoms. The van der Waals surface area contributed by atoms with Gasteiger partial charge in [0.05, 0.1) is 5.92 Å². The van der Waals surface area contributed by atoms with Crippen LogP contribution in [0.4, 0.5) is 4.79 Å². The molecule has 0 aromatic heterocycles. The molecule has 0 unspecified atom stereocenters. The molecule has 1 saturated carbocycles. The minimum absolute atomic E-state index is 0.0313. The summed E-state index contributed by atoms with van der Waals surface area (Å²) >= 11 is 0. The van der Waals surface area contributed by atoms with Crippen molar-refractivity contribution in [1.29, 1.82) is 0 Å². The molecular formula is C9H17N3O2. The summed E-state index contributed by atoms with van der Waals surface area (Å²) < 4.78 is 0. The number of carbonyl (C=O) groups is 2. The Hall–Kier alpha value is -1.26. The quantitative estimate of drug-likeness (QED) is 0.533. The molecule has 5 nitrogen and oxygen atoms in total. The number of nitrogens with one attached hydrogen (secondary N) is 2. The van der Waals surface area contributed by atoms with Crippen LogP contribution in [0, 0.1) is 16.7 Å². The highest BCUT2D eigenvalue weighted by molar-refractivity contribution is 5.86. The van der Waals surface area contributed by atoms with E-state index in [1.165, 1.54) is 0 Å². The highest BCUT2D eigenvalue weighted by Crippen LogP contribution is 2.68. The van der Waals surface area contributed by atoms with Crippen LogP contribution in [0.15, 0.2) is 0 Å². The van der Waals surface area contributed by atoms with Crippen molar-refractivity contribution in [3.8, 4) is 0 Å². The van der Waals surface area contributed by atoms with E-state index in [4.69, 9.17) is 5.73 Å². The van der Waals surface area contributed by atoms with Crippen molar-refractivity contribution in [2.45, 2.75) is 27.7 Å². The topological polar surface area (TPSA) is 84.2 Å². The van der Waals surface area contributed by atoms with Gasteiger partial charge < -0.3 is 5.73 Å². The summed E-state index contributed by atoms with van der Waals surface area (Å²) in [7, 11) is 0. The zero-order valence-corrected chi connectivity index (χ0v) is 8.97. The van der Waals surface area contributed by atoms with Gasteiger partial charge in [-0.25, -0.2) is 10.2 Å². The number of carbonyl (C=O) groups excluding carboxylic acids is 2. The molecule has 80 valence electrons. The highest BCUT2D eigenvalue weighted by atomic mass is 16.2. The first-order valence-corrected chi connectivity index (χ1v) is 4.56. The summed E-state index contributed by atoms with van der Waals surface area (Å²) in [6.07, 6.45) is 0. The fourth-order valence-corrected chi connectivity index (χ4v) is 2.05. The Kier molecular flexibility index (Phi) is 2.21. The summed E-state index contributed by atoms with van der Waals surface area (Å²) in [5.41, 5.74) is 9.14. The fourth-order valence-electron chi connectivity index (χ4n) is 2.05. The maximum atomic E-state index is 11.6. The van der Waals surface area contributed by atoms with Gasteiger partial charge in [0.25, 0.3) is 0 Å². The zero-order valence-electron chi connectivity index (χ0n) is 8.97. The van der Waals surface area contributed by atoms with E-state index < -0.39 is 6.03 Å². The van der Waals surface area contributed by atoms with Gasteiger partial charge in [-0.05, 0) is 10.8 Å². The van der Waals surface area contributed by atoms with Crippen molar-refractivity contribution in [3.63, 3.8) is 0 Å². The standard InChI is InChI=1S/C9H17N3O2/c1-8(2)5(9(8,3)4)6(13)11-12-7(10)14/h5H,1-4H3,(H,11,13)(H3,10,12,14). The third-order valence-electron chi connectivity index (χ3n) is 3.59. The monoisotopic (exact) mass is 199 g/mol. The Labute approximate surface area is 83.4 Å². The normalized spacial score (nSPS) is 22.6. The van der Waals surface area contributed by atoms with E-state index in [1.54, 1.807) is 0 Å². The molecule has 0 saturated heterocycles. The Morgan fingerprint density at radius 3 is 1.79 bits per heavy atom. The van der Waals surface area contributed by atoms with Gasteiger partial charge in [-0.2, -0.15) is 0 Å². The van der Waals surface area contributed by atoms with E-state index in [2.05, 4.69) is 10.9 Å². The van der Waals surface area contributed by atoms with Crippen LogP contribution in [0.5, 0.6) is 0 Å². The average molecular weight is 199 g/mol. The smallest absolute Gasteiger partial charge is 0.330 e. The van der Waals surface area contributed by atoms with Crippen LogP contribution in [-0.2, 0) is 4.79 Å². The fraction of sp³-hybridized carbons (Fsp3) is 0.778. The molecule has 0 heterocycles. The number of hydrogen-bond donors (Lipinski definition) is 3. The van der Waals surface area contributed by atoms with Crippen LogP contribution < -0.4 is 16.6 Å². The van der Waals surface area contributed by atoms with Crippen LogP contribution in [0.25, 0.3) is 0 Å². The molecular weight excluding hydrogens is 182 g/mol. The molecule has 0 aromatic rings. The van der Waals surface area contributed by atoms with Crippen LogP contribution in [-0.4, -0.2) is 11.9 Å². The van der Waals surface area contributed by atoms with Gasteiger partial charge in [-0.15, -0.1) is 0 Å². The molecule has 0 atom stereocenters. The first kappa shape index (κ1) is 10.8. The number of nitrogens with two attached hydrogens (primary N) is 1. The third-order valence-corrected chi connectivity index (χ3v) is 3.59. The van der Waals surface area contributed by atoms with Crippen molar-refractivity contribution in [3.05, 3.63) is 0 Å². The first-order valence-electron chi connectivity index (χ1n) is 4.56. The van der Waals surface area contributed by atoms with Crippen LogP contribution in [0.2, 0.25) is 0 Å². The van der Waals surface area contributed by atoms with E-state index in [-0.39, 0.29) is 22.7 Å². The second-order valence-corrected chi connectivity index (χ2v) is 4.85. The molecule has 0 aliphatic heterocycles. The van der Waals surface area contributed by atoms with Crippen LogP contribution >= 0.6 is 0 Å². The Morgan fingerprint density at radius 1 is 1.07 bits per heavy atom. The summed E-state index contributed by atoms with van der Waals surface area (Å²) in [5, 5.41) is 0. The van der Waals surface area contributed by atoms with Crippen LogP contribution in [0.3, 0.4) is 0 Å². The van der Waals surface area contributed by atoms with Crippen molar-refractivity contribution in [2.75, 3.05) is 0 Å². The highest BCUT2D eigenvalue weighted by Gasteiger charge is 2.68. The predicted octanol–water partition coefficient (Wildman–Crippen LogP) is 0.368. The van der Waals surface area contributed by atoms with Crippen molar-refractivity contribution < 1.29 is 9.59 Å². The molecule has 1 rings (SSSR count). The van der Waals surface area contributed by atoms with E-state index in [0.717, 1.165) is 0 Å². The lowest BCUT2D eigenvalue weighted by Gasteiger charge is -2.05. The predicted molar refractivity (Wildman–Crippen MR) is 51.9 cm³/mol. The van der Waals surface area contributed by atoms with Gasteiger partial charge in [-0.1, -0.05) is 27.7 Å². The number of hydrogen-bond acceptors (Lipinski definition) is 2. The van der Waals surface area contributed by atoms with E-state index in [9.17, 15) is 9.59 Å². The zero-order chi connectivity index (χ0) is 11.1. The van der Waals surface area contributed by atoms with Gasteiger partial charge in [-0.3, -0.25) is 10.2 Å². The molecule has 3 amide bonds. The molecule has 0 spiro atoms. The van der Waals surface area contributed by atoms with Gasteiger partial charge in [0.1, 0.15) is 0 Å². The molecule has 1 aliphatic carbocycles. The SMILES string of the molecule is CC1(C)C(C(=O)NNC(N)=O)C1(C)C. The lowest BCUT2D eigenvalue weighted by Crippen LogP contribution is -2.45. The number of urea groups is 1. The molecule has 0 radical (unpaired) electrons. The Balaban J connectivity index is 2.54. The molecule has 14 heavy (non-hydrogen) atoms. The van der Waals surface area contributed by atoms with Gasteiger partial charge in [0.2, 0.25) is 5.91 Å². The van der Waals surface area contributed by atoms with Gasteiger partial charge >= 0.3 is 6.03 Å². The minimum atomic E-state index is -0.755.